The molecule has 0 fully saturated rings. The zero-order chi connectivity index (χ0) is 13.5. The Morgan fingerprint density at radius 1 is 1.11 bits per heavy atom. The van der Waals surface area contributed by atoms with Gasteiger partial charge < -0.3 is 5.11 Å². The Labute approximate surface area is 130 Å². The summed E-state index contributed by atoms with van der Waals surface area (Å²) in [5.74, 6) is 0.0588. The van der Waals surface area contributed by atoms with Gasteiger partial charge in [-0.3, -0.25) is 0 Å². The van der Waals surface area contributed by atoms with E-state index in [-0.39, 0.29) is 15.8 Å². The Bertz CT molecular complexity index is 547. The molecule has 0 saturated heterocycles. The van der Waals surface area contributed by atoms with Gasteiger partial charge in [0.1, 0.15) is 11.1 Å². The van der Waals surface area contributed by atoms with Crippen LogP contribution in [0, 0.1) is 0 Å². The molecule has 0 heterocycles. The van der Waals surface area contributed by atoms with Crippen LogP contribution in [0.3, 0.4) is 0 Å². The number of phenols is 1. The van der Waals surface area contributed by atoms with Crippen molar-refractivity contribution in [2.75, 3.05) is 0 Å². The summed E-state index contributed by atoms with van der Waals surface area (Å²) < 4.78 is -1.38. The molecule has 1 aromatic rings. The Morgan fingerprint density at radius 2 is 1.72 bits per heavy atom. The molecule has 0 aromatic heterocycles. The molecule has 1 unspecified atom stereocenters. The van der Waals surface area contributed by atoms with Gasteiger partial charge in [-0.25, -0.2) is 0 Å². The summed E-state index contributed by atoms with van der Waals surface area (Å²) in [6.45, 7) is 0. The molecule has 2 rings (SSSR count). The van der Waals surface area contributed by atoms with Crippen LogP contribution < -0.4 is 0 Å². The van der Waals surface area contributed by atoms with Crippen LogP contribution >= 0.6 is 58.0 Å². The monoisotopic (exact) mass is 342 g/mol. The van der Waals surface area contributed by atoms with Gasteiger partial charge in [0.2, 0.25) is 0 Å². The number of benzene rings is 1. The number of phenolic OH excluding ortho intramolecular Hbond substituents is 1. The molecule has 1 aromatic carbocycles. The van der Waals surface area contributed by atoms with E-state index in [0.29, 0.717) is 11.1 Å². The van der Waals surface area contributed by atoms with E-state index in [9.17, 15) is 5.11 Å². The number of halogens is 5. The van der Waals surface area contributed by atoms with Crippen LogP contribution in [0.5, 0.6) is 5.75 Å². The van der Waals surface area contributed by atoms with Crippen LogP contribution in [0.1, 0.15) is 5.56 Å². The molecule has 1 aliphatic carbocycles. The summed E-state index contributed by atoms with van der Waals surface area (Å²) in [7, 11) is 0. The van der Waals surface area contributed by atoms with Crippen molar-refractivity contribution >= 4 is 63.6 Å². The number of alkyl halides is 3. The van der Waals surface area contributed by atoms with E-state index in [1.54, 1.807) is 18.2 Å². The molecule has 0 bridgehead atoms. The van der Waals surface area contributed by atoms with Gasteiger partial charge in [-0.15, -0.1) is 11.6 Å². The third-order valence-corrected chi connectivity index (χ3v) is 5.00. The molecule has 18 heavy (non-hydrogen) atoms. The normalized spacial score (nSPS) is 22.9. The van der Waals surface area contributed by atoms with Gasteiger partial charge in [-0.05, 0) is 12.1 Å². The number of rotatable bonds is 1. The fourth-order valence-electron chi connectivity index (χ4n) is 1.64. The molecule has 0 aliphatic heterocycles. The minimum Gasteiger partial charge on any atom is -0.507 e. The number of hydrogen-bond donors (Lipinski definition) is 1. The SMILES string of the molecule is Oc1ccccc1C1=CC(Cl)(Cl)C(Cl)C(Cl)=C1Cl. The van der Waals surface area contributed by atoms with E-state index in [2.05, 4.69) is 0 Å². The van der Waals surface area contributed by atoms with E-state index in [0.717, 1.165) is 0 Å². The van der Waals surface area contributed by atoms with Gasteiger partial charge >= 0.3 is 0 Å². The second-order valence-corrected chi connectivity index (χ2v) is 6.44. The predicted molar refractivity (Wildman–Crippen MR) is 78.9 cm³/mol. The highest BCUT2D eigenvalue weighted by Crippen LogP contribution is 2.48. The first-order valence-corrected chi connectivity index (χ1v) is 6.88. The number of aromatic hydroxyl groups is 1. The number of hydrogen-bond acceptors (Lipinski definition) is 1. The average Bonchev–Trinajstić information content (AvgIpc) is 2.33. The summed E-state index contributed by atoms with van der Waals surface area (Å²) in [5.41, 5.74) is 0.955. The number of allylic oxidation sites excluding steroid dienone is 4. The number of para-hydroxylation sites is 1. The second-order valence-electron chi connectivity index (χ2n) is 3.77. The van der Waals surface area contributed by atoms with E-state index in [1.165, 1.54) is 12.1 Å². The Hall–Kier alpha value is -0.0500. The van der Waals surface area contributed by atoms with Crippen LogP contribution in [-0.4, -0.2) is 14.8 Å². The minimum absolute atomic E-state index is 0.0588. The van der Waals surface area contributed by atoms with Gasteiger partial charge in [0.05, 0.1) is 10.1 Å². The Balaban J connectivity index is 2.61. The molecule has 0 radical (unpaired) electrons. The summed E-state index contributed by atoms with van der Waals surface area (Å²) in [6, 6.07) is 6.67. The first kappa shape index (κ1) is 14.4. The Morgan fingerprint density at radius 3 is 2.33 bits per heavy atom. The molecule has 6 heteroatoms. The van der Waals surface area contributed by atoms with Crippen LogP contribution in [-0.2, 0) is 0 Å². The van der Waals surface area contributed by atoms with Gasteiger partial charge in [-0.2, -0.15) is 0 Å². The Kier molecular flexibility index (Phi) is 4.10. The first-order chi connectivity index (χ1) is 8.34. The lowest BCUT2D eigenvalue weighted by atomic mass is 9.97. The zero-order valence-electron chi connectivity index (χ0n) is 8.80. The van der Waals surface area contributed by atoms with Crippen LogP contribution in [0.4, 0.5) is 0 Å². The summed E-state index contributed by atoms with van der Waals surface area (Å²) in [5, 5.41) is 9.38. The summed E-state index contributed by atoms with van der Waals surface area (Å²) in [6.07, 6.45) is 1.48. The highest BCUT2D eigenvalue weighted by Gasteiger charge is 2.40. The van der Waals surface area contributed by atoms with Crippen LogP contribution in [0.2, 0.25) is 0 Å². The van der Waals surface area contributed by atoms with Gasteiger partial charge in [0, 0.05) is 11.1 Å². The molecule has 0 saturated carbocycles. The van der Waals surface area contributed by atoms with Crippen molar-refractivity contribution in [3.63, 3.8) is 0 Å². The van der Waals surface area contributed by atoms with Gasteiger partial charge in [0.15, 0.2) is 4.33 Å². The van der Waals surface area contributed by atoms with E-state index in [4.69, 9.17) is 58.0 Å². The van der Waals surface area contributed by atoms with E-state index in [1.807, 2.05) is 0 Å². The largest absolute Gasteiger partial charge is 0.507 e. The molecular weight excluding hydrogens is 337 g/mol. The third-order valence-electron chi connectivity index (χ3n) is 2.54. The standard InChI is InChI=1S/C12H7Cl5O/c13-9-7(6-3-1-2-4-8(6)18)5-12(16,17)11(15)10(9)14/h1-5,11,18H. The van der Waals surface area contributed by atoms with Crippen molar-refractivity contribution < 1.29 is 5.11 Å². The topological polar surface area (TPSA) is 20.2 Å². The molecular formula is C12H7Cl5O. The maximum Gasteiger partial charge on any atom is 0.158 e. The average molecular weight is 344 g/mol. The molecule has 1 aliphatic rings. The quantitative estimate of drug-likeness (QED) is 0.689. The molecule has 0 spiro atoms. The minimum atomic E-state index is -1.38. The van der Waals surface area contributed by atoms with E-state index < -0.39 is 9.71 Å². The third kappa shape index (κ3) is 2.48. The smallest absolute Gasteiger partial charge is 0.158 e. The molecule has 0 amide bonds. The fourth-order valence-corrected chi connectivity index (χ4v) is 2.95. The molecule has 1 atom stereocenters. The molecule has 96 valence electrons. The van der Waals surface area contributed by atoms with Crippen molar-refractivity contribution in [2.45, 2.75) is 9.71 Å². The maximum absolute atomic E-state index is 9.82. The van der Waals surface area contributed by atoms with E-state index >= 15 is 0 Å². The highest BCUT2D eigenvalue weighted by molar-refractivity contribution is 6.58. The summed E-state index contributed by atoms with van der Waals surface area (Å²) in [4.78, 5) is 0. The maximum atomic E-state index is 9.82. The first-order valence-electron chi connectivity index (χ1n) is 4.93. The highest BCUT2D eigenvalue weighted by atomic mass is 35.5. The van der Waals surface area contributed by atoms with Crippen molar-refractivity contribution in [3.05, 3.63) is 46.0 Å². The lowest BCUT2D eigenvalue weighted by Gasteiger charge is -2.28. The summed E-state index contributed by atoms with van der Waals surface area (Å²) >= 11 is 30.3. The lowest BCUT2D eigenvalue weighted by molar-refractivity contribution is 0.473. The van der Waals surface area contributed by atoms with Crippen molar-refractivity contribution in [1.29, 1.82) is 0 Å². The molecule has 1 N–H and O–H groups in total. The van der Waals surface area contributed by atoms with Crippen LogP contribution in [0.15, 0.2) is 40.4 Å². The fraction of sp³-hybridized carbons (Fsp3) is 0.167. The van der Waals surface area contributed by atoms with Crippen molar-refractivity contribution in [2.24, 2.45) is 0 Å². The zero-order valence-corrected chi connectivity index (χ0v) is 12.6. The van der Waals surface area contributed by atoms with Gasteiger partial charge in [-0.1, -0.05) is 64.6 Å². The van der Waals surface area contributed by atoms with Gasteiger partial charge in [0.25, 0.3) is 0 Å². The lowest BCUT2D eigenvalue weighted by Crippen LogP contribution is -2.28. The van der Waals surface area contributed by atoms with Crippen molar-refractivity contribution in [3.8, 4) is 5.75 Å². The van der Waals surface area contributed by atoms with Crippen molar-refractivity contribution in [1.82, 2.24) is 0 Å². The second kappa shape index (κ2) is 5.15. The molecule has 1 nitrogen and oxygen atoms in total. The predicted octanol–water partition coefficient (Wildman–Crippen LogP) is 5.26. The van der Waals surface area contributed by atoms with Crippen LogP contribution in [0.25, 0.3) is 5.57 Å².